The smallest absolute Gasteiger partial charge is 0.310 e. The van der Waals surface area contributed by atoms with Gasteiger partial charge in [-0.1, -0.05) is 41.9 Å². The number of nitrogens with zero attached hydrogens (tertiary/aromatic N) is 1. The maximum atomic E-state index is 12.3. The number of hydrogen-bond donors (Lipinski definition) is 1. The van der Waals surface area contributed by atoms with Crippen molar-refractivity contribution >= 4 is 15.9 Å². The molecule has 0 amide bonds. The molecule has 0 aliphatic rings. The van der Waals surface area contributed by atoms with E-state index in [1.807, 2.05) is 18.2 Å². The van der Waals surface area contributed by atoms with E-state index in [0.29, 0.717) is 6.04 Å². The van der Waals surface area contributed by atoms with Crippen molar-refractivity contribution in [3.05, 3.63) is 33.8 Å². The fourth-order valence-corrected chi connectivity index (χ4v) is 2.36. The Hall–Kier alpha value is -0.590. The second-order valence-electron chi connectivity index (χ2n) is 5.25. The minimum absolute atomic E-state index is 0.262. The number of nitrogens with one attached hydrogen (secondary N) is 1. The highest BCUT2D eigenvalue weighted by Crippen LogP contribution is 2.22. The van der Waals surface area contributed by atoms with Gasteiger partial charge < -0.3 is 5.32 Å². The summed E-state index contributed by atoms with van der Waals surface area (Å²) >= 11 is 3.43. The molecule has 0 atom stereocenters. The van der Waals surface area contributed by atoms with Gasteiger partial charge in [-0.25, -0.2) is 0 Å². The van der Waals surface area contributed by atoms with Gasteiger partial charge in [-0.15, -0.1) is 0 Å². The fourth-order valence-electron chi connectivity index (χ4n) is 1.80. The zero-order chi connectivity index (χ0) is 15.3. The monoisotopic (exact) mass is 352 g/mol. The molecule has 0 aliphatic heterocycles. The molecule has 1 rings (SSSR count). The first-order chi connectivity index (χ1) is 9.17. The van der Waals surface area contributed by atoms with Crippen molar-refractivity contribution in [1.29, 1.82) is 0 Å². The summed E-state index contributed by atoms with van der Waals surface area (Å²) < 4.78 is 37.7. The highest BCUT2D eigenvalue weighted by atomic mass is 79.9. The largest absolute Gasteiger partial charge is 0.401 e. The standard InChI is InChI=1S/C14H20BrF3N2/c1-10(2)19-7-11-4-5-12(13(15)6-11)8-20(3)9-14(16,17)18/h4-6,10,19H,7-9H2,1-3H3. The van der Waals surface area contributed by atoms with Gasteiger partial charge in [-0.05, 0) is 24.2 Å². The third-order valence-corrected chi connectivity index (χ3v) is 3.46. The molecule has 114 valence electrons. The Balaban J connectivity index is 2.64. The predicted octanol–water partition coefficient (Wildman–Crippen LogP) is 3.94. The molecule has 0 aliphatic carbocycles. The minimum Gasteiger partial charge on any atom is -0.310 e. The van der Waals surface area contributed by atoms with Crippen LogP contribution >= 0.6 is 15.9 Å². The van der Waals surface area contributed by atoms with Crippen LogP contribution < -0.4 is 5.32 Å². The first-order valence-corrected chi connectivity index (χ1v) is 7.22. The van der Waals surface area contributed by atoms with E-state index in [9.17, 15) is 13.2 Å². The summed E-state index contributed by atoms with van der Waals surface area (Å²) in [7, 11) is 1.47. The van der Waals surface area contributed by atoms with Gasteiger partial charge >= 0.3 is 6.18 Å². The lowest BCUT2D eigenvalue weighted by molar-refractivity contribution is -0.144. The Morgan fingerprint density at radius 3 is 2.45 bits per heavy atom. The molecule has 0 fully saturated rings. The summed E-state index contributed by atoms with van der Waals surface area (Å²) in [5, 5.41) is 3.30. The molecule has 0 spiro atoms. The molecule has 0 unspecified atom stereocenters. The van der Waals surface area contributed by atoms with Crippen molar-refractivity contribution in [3.63, 3.8) is 0 Å². The number of benzene rings is 1. The maximum absolute atomic E-state index is 12.3. The van der Waals surface area contributed by atoms with Crippen molar-refractivity contribution in [2.45, 2.75) is 39.2 Å². The average molecular weight is 353 g/mol. The number of halogens is 4. The quantitative estimate of drug-likeness (QED) is 0.833. The van der Waals surface area contributed by atoms with Crippen LogP contribution in [0.4, 0.5) is 13.2 Å². The van der Waals surface area contributed by atoms with E-state index in [1.54, 1.807) is 0 Å². The van der Waals surface area contributed by atoms with Crippen LogP contribution in [0.25, 0.3) is 0 Å². The van der Waals surface area contributed by atoms with Gasteiger partial charge in [0, 0.05) is 23.6 Å². The van der Waals surface area contributed by atoms with Gasteiger partial charge in [0.1, 0.15) is 0 Å². The lowest BCUT2D eigenvalue weighted by Gasteiger charge is -2.19. The SMILES string of the molecule is CC(C)NCc1ccc(CN(C)CC(F)(F)F)c(Br)c1. The van der Waals surface area contributed by atoms with Crippen molar-refractivity contribution in [3.8, 4) is 0 Å². The molecule has 0 saturated heterocycles. The third-order valence-electron chi connectivity index (χ3n) is 2.72. The van der Waals surface area contributed by atoms with Crippen LogP contribution in [0.1, 0.15) is 25.0 Å². The van der Waals surface area contributed by atoms with E-state index in [-0.39, 0.29) is 6.54 Å². The van der Waals surface area contributed by atoms with E-state index in [2.05, 4.69) is 35.1 Å². The number of hydrogen-bond acceptors (Lipinski definition) is 2. The Kier molecular flexibility index (Phi) is 6.48. The lowest BCUT2D eigenvalue weighted by atomic mass is 10.1. The topological polar surface area (TPSA) is 15.3 Å². The molecule has 0 saturated carbocycles. The van der Waals surface area contributed by atoms with Crippen molar-refractivity contribution in [2.75, 3.05) is 13.6 Å². The van der Waals surface area contributed by atoms with Crippen LogP contribution in [0, 0.1) is 0 Å². The summed E-state index contributed by atoms with van der Waals surface area (Å²) in [6.07, 6.45) is -4.16. The second-order valence-corrected chi connectivity index (χ2v) is 6.10. The molecule has 0 bridgehead atoms. The summed E-state index contributed by atoms with van der Waals surface area (Å²) in [5.74, 6) is 0. The van der Waals surface area contributed by atoms with Crippen LogP contribution in [-0.4, -0.2) is 30.7 Å². The van der Waals surface area contributed by atoms with Crippen LogP contribution in [0.5, 0.6) is 0 Å². The summed E-state index contributed by atoms with van der Waals surface area (Å²) in [5.41, 5.74) is 1.96. The van der Waals surface area contributed by atoms with Crippen molar-refractivity contribution in [2.24, 2.45) is 0 Å². The predicted molar refractivity (Wildman–Crippen MR) is 78.5 cm³/mol. The van der Waals surface area contributed by atoms with Gasteiger partial charge in [0.15, 0.2) is 0 Å². The van der Waals surface area contributed by atoms with E-state index in [1.165, 1.54) is 11.9 Å². The molecule has 0 heterocycles. The van der Waals surface area contributed by atoms with Crippen LogP contribution in [0.3, 0.4) is 0 Å². The Labute approximate surface area is 126 Å². The molecule has 0 radical (unpaired) electrons. The number of rotatable bonds is 6. The molecule has 6 heteroatoms. The Morgan fingerprint density at radius 2 is 1.95 bits per heavy atom. The first-order valence-electron chi connectivity index (χ1n) is 6.43. The van der Waals surface area contributed by atoms with Gasteiger partial charge in [-0.3, -0.25) is 4.90 Å². The lowest BCUT2D eigenvalue weighted by Crippen LogP contribution is -2.30. The van der Waals surface area contributed by atoms with Crippen molar-refractivity contribution in [1.82, 2.24) is 10.2 Å². The van der Waals surface area contributed by atoms with E-state index in [0.717, 1.165) is 22.1 Å². The minimum atomic E-state index is -4.16. The molecule has 20 heavy (non-hydrogen) atoms. The van der Waals surface area contributed by atoms with Crippen molar-refractivity contribution < 1.29 is 13.2 Å². The summed E-state index contributed by atoms with van der Waals surface area (Å²) in [6, 6.07) is 6.16. The Bertz CT molecular complexity index is 433. The van der Waals surface area contributed by atoms with Crippen LogP contribution in [0.15, 0.2) is 22.7 Å². The normalized spacial score (nSPS) is 12.4. The second kappa shape index (κ2) is 7.43. The molecule has 2 nitrogen and oxygen atoms in total. The zero-order valence-electron chi connectivity index (χ0n) is 11.9. The molecule has 1 N–H and O–H groups in total. The zero-order valence-corrected chi connectivity index (χ0v) is 13.5. The van der Waals surface area contributed by atoms with Crippen LogP contribution in [-0.2, 0) is 13.1 Å². The molecular weight excluding hydrogens is 333 g/mol. The average Bonchev–Trinajstić information content (AvgIpc) is 2.27. The van der Waals surface area contributed by atoms with Gasteiger partial charge in [0.25, 0.3) is 0 Å². The molecular formula is C14H20BrF3N2. The first kappa shape index (κ1) is 17.5. The van der Waals surface area contributed by atoms with E-state index >= 15 is 0 Å². The fraction of sp³-hybridized carbons (Fsp3) is 0.571. The van der Waals surface area contributed by atoms with Gasteiger partial charge in [0.05, 0.1) is 6.54 Å². The van der Waals surface area contributed by atoms with Gasteiger partial charge in [-0.2, -0.15) is 13.2 Å². The van der Waals surface area contributed by atoms with E-state index in [4.69, 9.17) is 0 Å². The summed E-state index contributed by atoms with van der Waals surface area (Å²) in [6.45, 7) is 4.23. The highest BCUT2D eigenvalue weighted by molar-refractivity contribution is 9.10. The Morgan fingerprint density at radius 1 is 1.30 bits per heavy atom. The molecule has 1 aromatic rings. The molecule has 1 aromatic carbocycles. The third kappa shape index (κ3) is 6.72. The molecule has 0 aromatic heterocycles. The number of alkyl halides is 3. The van der Waals surface area contributed by atoms with E-state index < -0.39 is 12.7 Å². The highest BCUT2D eigenvalue weighted by Gasteiger charge is 2.29. The van der Waals surface area contributed by atoms with Crippen LogP contribution in [0.2, 0.25) is 0 Å². The van der Waals surface area contributed by atoms with Gasteiger partial charge in [0.2, 0.25) is 0 Å². The maximum Gasteiger partial charge on any atom is 0.401 e. The summed E-state index contributed by atoms with van der Waals surface area (Å²) in [4.78, 5) is 1.26.